The van der Waals surface area contributed by atoms with Crippen molar-refractivity contribution in [2.45, 2.75) is 0 Å². The number of aliphatic carboxylic acids is 1. The number of carboxylic acid groups (broad SMARTS) is 1. The number of hydrogen-bond donors (Lipinski definition) is 1. The van der Waals surface area contributed by atoms with Crippen LogP contribution < -0.4 is 0 Å². The Bertz CT molecular complexity index is 46.8. The van der Waals surface area contributed by atoms with Crippen LogP contribution in [-0.2, 0) is 4.79 Å². The van der Waals surface area contributed by atoms with Crippen LogP contribution in [0.15, 0.2) is 0 Å². The molecular formula is C2H4ClO2Sn. The number of alkyl halides is 1. The monoisotopic (exact) mass is 215 g/mol. The van der Waals surface area contributed by atoms with Gasteiger partial charge < -0.3 is 5.11 Å². The van der Waals surface area contributed by atoms with E-state index in [1.807, 2.05) is 0 Å². The van der Waals surface area contributed by atoms with Gasteiger partial charge in [-0.05, 0) is 0 Å². The van der Waals surface area contributed by atoms with E-state index in [-0.39, 0.29) is 29.8 Å². The van der Waals surface area contributed by atoms with E-state index in [2.05, 4.69) is 0 Å². The Labute approximate surface area is 57.4 Å². The number of rotatable bonds is 1. The first-order valence-electron chi connectivity index (χ1n) is 1.05. The van der Waals surface area contributed by atoms with Gasteiger partial charge in [-0.1, -0.05) is 0 Å². The molecule has 0 spiro atoms. The van der Waals surface area contributed by atoms with Crippen LogP contribution in [0.5, 0.6) is 0 Å². The van der Waals surface area contributed by atoms with Crippen LogP contribution in [0.3, 0.4) is 0 Å². The molecule has 0 bridgehead atoms. The Morgan fingerprint density at radius 3 is 2.00 bits per heavy atom. The molecule has 0 aromatic heterocycles. The van der Waals surface area contributed by atoms with Gasteiger partial charge in [0, 0.05) is 0 Å². The Balaban J connectivity index is 0. The Morgan fingerprint density at radius 1 is 1.83 bits per heavy atom. The van der Waals surface area contributed by atoms with Crippen molar-refractivity contribution >= 4 is 41.5 Å². The molecule has 35 valence electrons. The molecule has 0 heterocycles. The summed E-state index contributed by atoms with van der Waals surface area (Å²) in [5.41, 5.74) is 0. The summed E-state index contributed by atoms with van der Waals surface area (Å²) in [5.74, 6) is -1.29. The van der Waals surface area contributed by atoms with Gasteiger partial charge in [-0.3, -0.25) is 4.79 Å². The number of carbonyl (C=O) groups is 1. The van der Waals surface area contributed by atoms with Gasteiger partial charge in [0.05, 0.1) is 0 Å². The second-order valence-corrected chi connectivity index (χ2v) is 0.795. The van der Waals surface area contributed by atoms with E-state index in [4.69, 9.17) is 16.7 Å². The van der Waals surface area contributed by atoms with E-state index in [9.17, 15) is 4.79 Å². The molecule has 0 aromatic rings. The fourth-order valence-corrected chi connectivity index (χ4v) is 0. The van der Waals surface area contributed by atoms with E-state index in [0.29, 0.717) is 0 Å². The first-order valence-corrected chi connectivity index (χ1v) is 1.58. The van der Waals surface area contributed by atoms with Crippen LogP contribution in [0.4, 0.5) is 0 Å². The molecule has 0 fully saturated rings. The molecule has 0 aliphatic carbocycles. The summed E-state index contributed by atoms with van der Waals surface area (Å²) in [7, 11) is 0. The topological polar surface area (TPSA) is 37.3 Å². The normalized spacial score (nSPS) is 6.17. The van der Waals surface area contributed by atoms with Crippen LogP contribution in [0.25, 0.3) is 0 Å². The second-order valence-electron chi connectivity index (χ2n) is 0.527. The summed E-state index contributed by atoms with van der Waals surface area (Å²) >= 11 is 4.74. The summed E-state index contributed by atoms with van der Waals surface area (Å²) in [6.07, 6.45) is 0. The molecule has 0 aromatic carbocycles. The van der Waals surface area contributed by atoms with Crippen molar-refractivity contribution in [2.75, 3.05) is 5.88 Å². The van der Waals surface area contributed by atoms with Crippen LogP contribution in [0.1, 0.15) is 0 Å². The Hall–Kier alpha value is 0.559. The predicted molar refractivity (Wildman–Crippen MR) is 25.5 cm³/mol. The van der Waals surface area contributed by atoms with Gasteiger partial charge in [0.2, 0.25) is 0 Å². The van der Waals surface area contributed by atoms with Gasteiger partial charge in [-0.25, -0.2) is 0 Å². The van der Waals surface area contributed by atoms with Crippen LogP contribution in [0.2, 0.25) is 0 Å². The standard InChI is InChI=1S/C2H3ClO2.Sn.H/c3-1-2(4)5;;/h1H2,(H,4,5);;. The zero-order chi connectivity index (χ0) is 4.28. The van der Waals surface area contributed by atoms with Crippen molar-refractivity contribution in [1.29, 1.82) is 0 Å². The number of carboxylic acids is 1. The Morgan fingerprint density at radius 2 is 2.00 bits per heavy atom. The molecule has 0 saturated carbocycles. The van der Waals surface area contributed by atoms with Gasteiger partial charge in [0.1, 0.15) is 5.88 Å². The van der Waals surface area contributed by atoms with Crippen molar-refractivity contribution < 1.29 is 9.90 Å². The molecule has 0 rings (SSSR count). The molecular weight excluding hydrogens is 210 g/mol. The summed E-state index contributed by atoms with van der Waals surface area (Å²) in [4.78, 5) is 9.24. The zero-order valence-corrected chi connectivity index (χ0v) is 7.07. The predicted octanol–water partition coefficient (Wildman–Crippen LogP) is -0.339. The minimum absolute atomic E-state index is 0. The maximum absolute atomic E-state index is 9.24. The van der Waals surface area contributed by atoms with E-state index >= 15 is 0 Å². The molecule has 0 aliphatic rings. The fourth-order valence-electron chi connectivity index (χ4n) is 0. The summed E-state index contributed by atoms with van der Waals surface area (Å²) < 4.78 is 0. The number of hydrogen-bond acceptors (Lipinski definition) is 1. The third kappa shape index (κ3) is 8.82. The minimum atomic E-state index is -0.980. The molecule has 0 saturated heterocycles. The van der Waals surface area contributed by atoms with Gasteiger partial charge in [-0.15, -0.1) is 11.6 Å². The van der Waals surface area contributed by atoms with E-state index in [1.165, 1.54) is 0 Å². The molecule has 3 radical (unpaired) electrons. The summed E-state index contributed by atoms with van der Waals surface area (Å²) in [6.45, 7) is 0. The molecule has 0 atom stereocenters. The molecule has 0 aliphatic heterocycles. The van der Waals surface area contributed by atoms with Crippen molar-refractivity contribution in [3.63, 3.8) is 0 Å². The zero-order valence-electron chi connectivity index (χ0n) is 3.02. The van der Waals surface area contributed by atoms with Gasteiger partial charge >= 0.3 is 29.9 Å². The fraction of sp³-hybridized carbons (Fsp3) is 0.500. The summed E-state index contributed by atoms with van der Waals surface area (Å²) in [5, 5.41) is 7.59. The first-order chi connectivity index (χ1) is 2.27. The third-order valence-electron chi connectivity index (χ3n) is 0.114. The Kier molecular flexibility index (Phi) is 9.03. The van der Waals surface area contributed by atoms with Crippen molar-refractivity contribution in [1.82, 2.24) is 0 Å². The molecule has 6 heavy (non-hydrogen) atoms. The van der Waals surface area contributed by atoms with Crippen molar-refractivity contribution in [3.05, 3.63) is 0 Å². The van der Waals surface area contributed by atoms with Crippen molar-refractivity contribution in [3.8, 4) is 0 Å². The van der Waals surface area contributed by atoms with Gasteiger partial charge in [-0.2, -0.15) is 0 Å². The quantitative estimate of drug-likeness (QED) is 0.479. The third-order valence-corrected chi connectivity index (χ3v) is 0.343. The van der Waals surface area contributed by atoms with E-state index in [1.54, 1.807) is 0 Å². The molecule has 4 heteroatoms. The SMILES string of the molecule is O=C(O)CCl.[SnH]. The van der Waals surface area contributed by atoms with Crippen LogP contribution >= 0.6 is 11.6 Å². The average Bonchev–Trinajstić information content (AvgIpc) is 1.38. The van der Waals surface area contributed by atoms with Crippen molar-refractivity contribution in [2.24, 2.45) is 0 Å². The van der Waals surface area contributed by atoms with Crippen LogP contribution in [0, 0.1) is 0 Å². The van der Waals surface area contributed by atoms with E-state index < -0.39 is 5.97 Å². The van der Waals surface area contributed by atoms with Crippen LogP contribution in [-0.4, -0.2) is 40.9 Å². The van der Waals surface area contributed by atoms with E-state index in [0.717, 1.165) is 0 Å². The summed E-state index contributed by atoms with van der Waals surface area (Å²) in [6, 6.07) is 0. The maximum atomic E-state index is 9.24. The first kappa shape index (κ1) is 9.75. The molecule has 0 amide bonds. The second kappa shape index (κ2) is 5.56. The van der Waals surface area contributed by atoms with Gasteiger partial charge in [0.25, 0.3) is 0 Å². The number of halogens is 1. The molecule has 0 unspecified atom stereocenters. The average molecular weight is 214 g/mol. The molecule has 2 nitrogen and oxygen atoms in total. The molecule has 1 N–H and O–H groups in total. The van der Waals surface area contributed by atoms with Gasteiger partial charge in [0.15, 0.2) is 0 Å².